The van der Waals surface area contributed by atoms with Gasteiger partial charge in [-0.1, -0.05) is 30.3 Å². The average Bonchev–Trinajstić information content (AvgIpc) is 3.17. The maximum Gasteiger partial charge on any atom is 0.259 e. The first-order valence-electron chi connectivity index (χ1n) is 9.72. The fraction of sp³-hybridized carbons (Fsp3) is 0.130. The van der Waals surface area contributed by atoms with Crippen LogP contribution in [0.2, 0.25) is 0 Å². The number of carbonyl (C=O) groups is 2. The Morgan fingerprint density at radius 1 is 1.03 bits per heavy atom. The van der Waals surface area contributed by atoms with E-state index in [2.05, 4.69) is 10.1 Å². The van der Waals surface area contributed by atoms with Crippen LogP contribution in [0.5, 0.6) is 0 Å². The van der Waals surface area contributed by atoms with Crippen LogP contribution in [-0.2, 0) is 11.3 Å². The maximum atomic E-state index is 13.3. The van der Waals surface area contributed by atoms with Gasteiger partial charge in [0, 0.05) is 30.2 Å². The van der Waals surface area contributed by atoms with Crippen molar-refractivity contribution in [1.82, 2.24) is 14.8 Å². The molecule has 0 atom stereocenters. The zero-order chi connectivity index (χ0) is 21.8. The van der Waals surface area contributed by atoms with Crippen LogP contribution in [-0.4, -0.2) is 33.1 Å². The highest BCUT2D eigenvalue weighted by Gasteiger charge is 2.20. The summed E-state index contributed by atoms with van der Waals surface area (Å²) in [4.78, 5) is 30.3. The number of benzene rings is 2. The van der Waals surface area contributed by atoms with Crippen molar-refractivity contribution < 1.29 is 14.0 Å². The van der Waals surface area contributed by atoms with Crippen LogP contribution >= 0.6 is 0 Å². The van der Waals surface area contributed by atoms with Crippen molar-refractivity contribution in [3.8, 4) is 0 Å². The van der Waals surface area contributed by atoms with Gasteiger partial charge in [0.25, 0.3) is 5.91 Å². The first-order chi connectivity index (χ1) is 15.0. The summed E-state index contributed by atoms with van der Waals surface area (Å²) in [5.74, 6) is -1.31. The monoisotopic (exact) mass is 417 g/mol. The first kappa shape index (κ1) is 20.2. The topological polar surface area (TPSA) is 94.1 Å². The van der Waals surface area contributed by atoms with E-state index < -0.39 is 11.7 Å². The molecule has 0 aliphatic carbocycles. The van der Waals surface area contributed by atoms with Gasteiger partial charge in [-0.2, -0.15) is 5.10 Å². The number of pyridine rings is 1. The summed E-state index contributed by atoms with van der Waals surface area (Å²) in [5, 5.41) is 5.11. The minimum Gasteiger partial charge on any atom is -0.370 e. The second-order valence-electron chi connectivity index (χ2n) is 7.07. The molecule has 4 rings (SSSR count). The molecular weight excluding hydrogens is 397 g/mol. The lowest BCUT2D eigenvalue weighted by molar-refractivity contribution is -0.117. The number of carbonyl (C=O) groups excluding carboxylic acids is 2. The quantitative estimate of drug-likeness (QED) is 0.500. The third kappa shape index (κ3) is 4.58. The molecular formula is C23H20FN5O2. The molecule has 0 bridgehead atoms. The maximum absolute atomic E-state index is 13.3. The lowest BCUT2D eigenvalue weighted by Gasteiger charge is -2.22. The van der Waals surface area contributed by atoms with Crippen LogP contribution in [0.3, 0.4) is 0 Å². The largest absolute Gasteiger partial charge is 0.370 e. The molecule has 0 aliphatic rings. The van der Waals surface area contributed by atoms with E-state index >= 15 is 0 Å². The summed E-state index contributed by atoms with van der Waals surface area (Å²) in [6.07, 6.45) is 3.12. The molecule has 0 saturated carbocycles. The van der Waals surface area contributed by atoms with E-state index in [4.69, 9.17) is 5.73 Å². The minimum atomic E-state index is -0.532. The number of aromatic nitrogens is 3. The van der Waals surface area contributed by atoms with Gasteiger partial charge in [0.2, 0.25) is 5.91 Å². The van der Waals surface area contributed by atoms with Gasteiger partial charge in [-0.3, -0.25) is 9.59 Å². The number of anilines is 1. The van der Waals surface area contributed by atoms with Crippen molar-refractivity contribution in [1.29, 1.82) is 0 Å². The van der Waals surface area contributed by atoms with Crippen LogP contribution < -0.4 is 10.6 Å². The Morgan fingerprint density at radius 2 is 1.77 bits per heavy atom. The molecule has 0 aliphatic heterocycles. The number of amides is 2. The summed E-state index contributed by atoms with van der Waals surface area (Å²) < 4.78 is 15.1. The van der Waals surface area contributed by atoms with E-state index in [0.717, 1.165) is 10.9 Å². The molecule has 0 unspecified atom stereocenters. The molecule has 0 saturated heterocycles. The second-order valence-corrected chi connectivity index (χ2v) is 7.07. The lowest BCUT2D eigenvalue weighted by Crippen LogP contribution is -2.34. The van der Waals surface area contributed by atoms with E-state index in [1.165, 1.54) is 35.4 Å². The summed E-state index contributed by atoms with van der Waals surface area (Å²) in [6, 6.07) is 17.1. The van der Waals surface area contributed by atoms with Crippen molar-refractivity contribution in [3.05, 3.63) is 90.0 Å². The van der Waals surface area contributed by atoms with Gasteiger partial charge >= 0.3 is 0 Å². The molecule has 2 amide bonds. The summed E-state index contributed by atoms with van der Waals surface area (Å²) in [7, 11) is 0. The third-order valence-electron chi connectivity index (χ3n) is 4.86. The first-order valence-corrected chi connectivity index (χ1v) is 9.72. The van der Waals surface area contributed by atoms with E-state index in [-0.39, 0.29) is 18.9 Å². The van der Waals surface area contributed by atoms with E-state index in [1.54, 1.807) is 16.9 Å². The molecule has 2 aromatic carbocycles. The predicted octanol–water partition coefficient (Wildman–Crippen LogP) is 3.14. The number of hydrogen-bond donors (Lipinski definition) is 1. The van der Waals surface area contributed by atoms with Gasteiger partial charge in [-0.25, -0.2) is 14.1 Å². The second kappa shape index (κ2) is 8.74. The van der Waals surface area contributed by atoms with Gasteiger partial charge in [-0.15, -0.1) is 0 Å². The van der Waals surface area contributed by atoms with Crippen LogP contribution in [0.15, 0.2) is 73.1 Å². The number of nitrogens with zero attached hydrogens (tertiary/aromatic N) is 4. The predicted molar refractivity (Wildman–Crippen MR) is 115 cm³/mol. The van der Waals surface area contributed by atoms with E-state index in [9.17, 15) is 14.0 Å². The van der Waals surface area contributed by atoms with E-state index in [0.29, 0.717) is 23.4 Å². The molecule has 4 aromatic rings. The van der Waals surface area contributed by atoms with Crippen LogP contribution in [0, 0.1) is 5.82 Å². The van der Waals surface area contributed by atoms with Gasteiger partial charge in [-0.05, 0) is 35.9 Å². The number of fused-ring (bicyclic) bond motifs is 1. The molecule has 156 valence electrons. The molecule has 8 heteroatoms. The highest BCUT2D eigenvalue weighted by atomic mass is 19.1. The Kier molecular flexibility index (Phi) is 5.70. The third-order valence-corrected chi connectivity index (χ3v) is 4.86. The molecule has 2 aromatic heterocycles. The smallest absolute Gasteiger partial charge is 0.259 e. The number of nitrogens with two attached hydrogens (primary N) is 1. The zero-order valence-electron chi connectivity index (χ0n) is 16.6. The molecule has 2 heterocycles. The SMILES string of the molecule is NC(=O)CCN(C(=O)c1cnc2c(cnn2Cc2ccccc2)c1)c1ccc(F)cc1. The lowest BCUT2D eigenvalue weighted by atomic mass is 10.1. The standard InChI is InChI=1S/C23H20FN5O2/c24-19-6-8-20(9-7-19)28(11-10-21(25)30)23(31)18-12-17-14-27-29(22(17)26-13-18)15-16-4-2-1-3-5-16/h1-9,12-14H,10-11,15H2,(H2,25,30). The van der Waals surface area contributed by atoms with Gasteiger partial charge < -0.3 is 10.6 Å². The van der Waals surface area contributed by atoms with Crippen molar-refractivity contribution in [3.63, 3.8) is 0 Å². The van der Waals surface area contributed by atoms with Gasteiger partial charge in [0.1, 0.15) is 5.82 Å². The minimum absolute atomic E-state index is 0.0200. The van der Waals surface area contributed by atoms with Gasteiger partial charge in [0.15, 0.2) is 5.65 Å². The number of hydrogen-bond acceptors (Lipinski definition) is 4. The zero-order valence-corrected chi connectivity index (χ0v) is 16.6. The molecule has 0 fully saturated rings. The van der Waals surface area contributed by atoms with Crippen LogP contribution in [0.25, 0.3) is 11.0 Å². The number of rotatable bonds is 7. The fourth-order valence-corrected chi connectivity index (χ4v) is 3.31. The Morgan fingerprint density at radius 3 is 2.48 bits per heavy atom. The highest BCUT2D eigenvalue weighted by Crippen LogP contribution is 2.21. The number of primary amides is 1. The molecule has 0 spiro atoms. The van der Waals surface area contributed by atoms with Crippen molar-refractivity contribution >= 4 is 28.5 Å². The fourth-order valence-electron chi connectivity index (χ4n) is 3.31. The summed E-state index contributed by atoms with van der Waals surface area (Å²) in [5.41, 5.74) is 7.81. The summed E-state index contributed by atoms with van der Waals surface area (Å²) >= 11 is 0. The molecule has 0 radical (unpaired) electrons. The van der Waals surface area contributed by atoms with Crippen molar-refractivity contribution in [2.24, 2.45) is 5.73 Å². The Balaban J connectivity index is 1.62. The number of halogens is 1. The Bertz CT molecular complexity index is 1220. The van der Waals surface area contributed by atoms with Crippen LogP contribution in [0.1, 0.15) is 22.3 Å². The normalized spacial score (nSPS) is 10.9. The molecule has 7 nitrogen and oxygen atoms in total. The van der Waals surface area contributed by atoms with Crippen LogP contribution in [0.4, 0.5) is 10.1 Å². The summed E-state index contributed by atoms with van der Waals surface area (Å²) in [6.45, 7) is 0.635. The van der Waals surface area contributed by atoms with Crippen molar-refractivity contribution in [2.45, 2.75) is 13.0 Å². The van der Waals surface area contributed by atoms with Crippen molar-refractivity contribution in [2.75, 3.05) is 11.4 Å². The Hall–Kier alpha value is -4.07. The highest BCUT2D eigenvalue weighted by molar-refractivity contribution is 6.07. The van der Waals surface area contributed by atoms with Gasteiger partial charge in [0.05, 0.1) is 18.3 Å². The molecule has 31 heavy (non-hydrogen) atoms. The van der Waals surface area contributed by atoms with E-state index in [1.807, 2.05) is 30.3 Å². The molecule has 2 N–H and O–H groups in total. The average molecular weight is 417 g/mol. The Labute approximate surface area is 177 Å².